The van der Waals surface area contributed by atoms with Crippen LogP contribution in [0.4, 0.5) is 0 Å². The second-order valence-electron chi connectivity index (χ2n) is 5.18. The van der Waals surface area contributed by atoms with Crippen molar-refractivity contribution < 1.29 is 0 Å². The van der Waals surface area contributed by atoms with E-state index in [4.69, 9.17) is 0 Å². The second-order valence-corrected chi connectivity index (χ2v) is 7.17. The first-order valence-electron chi connectivity index (χ1n) is 7.27. The largest absolute Gasteiger partial charge is 0.301 e. The molecule has 0 bridgehead atoms. The molecule has 1 saturated heterocycles. The lowest BCUT2D eigenvalue weighted by molar-refractivity contribution is 0.279. The van der Waals surface area contributed by atoms with Gasteiger partial charge in [0.15, 0.2) is 0 Å². The van der Waals surface area contributed by atoms with Crippen molar-refractivity contribution in [1.29, 1.82) is 0 Å². The lowest BCUT2D eigenvalue weighted by Crippen LogP contribution is -2.37. The van der Waals surface area contributed by atoms with Crippen LogP contribution in [-0.2, 0) is 0 Å². The molecule has 3 heteroatoms. The third-order valence-electron chi connectivity index (χ3n) is 3.46. The van der Waals surface area contributed by atoms with Gasteiger partial charge in [-0.15, -0.1) is 0 Å². The molecule has 1 fully saturated rings. The van der Waals surface area contributed by atoms with Gasteiger partial charge in [0.05, 0.1) is 0 Å². The molecule has 0 aromatic carbocycles. The second kappa shape index (κ2) is 10.6. The highest BCUT2D eigenvalue weighted by Crippen LogP contribution is 2.18. The standard InChI is InChI=1S/C14H29NS2/c1-14-13-15(10-12-17-14)9-7-5-3-2-4-6-8-11-16/h14,16H,2-13H2,1H3. The summed E-state index contributed by atoms with van der Waals surface area (Å²) in [5.41, 5.74) is 0. The van der Waals surface area contributed by atoms with Gasteiger partial charge in [0.1, 0.15) is 0 Å². The average molecular weight is 276 g/mol. The molecular formula is C14H29NS2. The topological polar surface area (TPSA) is 3.24 Å². The number of hydrogen-bond donors (Lipinski definition) is 1. The number of thiol groups is 1. The van der Waals surface area contributed by atoms with Crippen molar-refractivity contribution in [2.75, 3.05) is 31.1 Å². The molecule has 1 aliphatic rings. The van der Waals surface area contributed by atoms with Gasteiger partial charge < -0.3 is 4.90 Å². The van der Waals surface area contributed by atoms with Gasteiger partial charge in [0.2, 0.25) is 0 Å². The van der Waals surface area contributed by atoms with E-state index in [2.05, 4.69) is 36.2 Å². The van der Waals surface area contributed by atoms with E-state index >= 15 is 0 Å². The van der Waals surface area contributed by atoms with Crippen LogP contribution < -0.4 is 0 Å². The summed E-state index contributed by atoms with van der Waals surface area (Å²) < 4.78 is 0. The minimum atomic E-state index is 0.852. The van der Waals surface area contributed by atoms with Crippen LogP contribution in [0, 0.1) is 0 Å². The van der Waals surface area contributed by atoms with Crippen LogP contribution in [0.2, 0.25) is 0 Å². The molecule has 1 rings (SSSR count). The quantitative estimate of drug-likeness (QED) is 0.499. The molecule has 1 aliphatic heterocycles. The zero-order valence-electron chi connectivity index (χ0n) is 11.4. The predicted molar refractivity (Wildman–Crippen MR) is 84.5 cm³/mol. The summed E-state index contributed by atoms with van der Waals surface area (Å²) in [4.78, 5) is 2.65. The van der Waals surface area contributed by atoms with Crippen molar-refractivity contribution >= 4 is 24.4 Å². The summed E-state index contributed by atoms with van der Waals surface area (Å²) in [5.74, 6) is 2.40. The van der Waals surface area contributed by atoms with Gasteiger partial charge in [0.25, 0.3) is 0 Å². The Morgan fingerprint density at radius 3 is 2.35 bits per heavy atom. The molecule has 0 N–H and O–H groups in total. The molecule has 0 aromatic heterocycles. The zero-order chi connectivity index (χ0) is 12.3. The molecule has 0 aromatic rings. The predicted octanol–water partition coefficient (Wildman–Crippen LogP) is 4.08. The highest BCUT2D eigenvalue weighted by Gasteiger charge is 2.15. The molecular weight excluding hydrogens is 246 g/mol. The number of unbranched alkanes of at least 4 members (excludes halogenated alkanes) is 6. The summed E-state index contributed by atoms with van der Waals surface area (Å²) >= 11 is 6.37. The van der Waals surface area contributed by atoms with Crippen LogP contribution in [0.3, 0.4) is 0 Å². The van der Waals surface area contributed by atoms with E-state index in [1.54, 1.807) is 0 Å². The summed E-state index contributed by atoms with van der Waals surface area (Å²) in [6.45, 7) is 6.32. The Kier molecular flexibility index (Phi) is 9.77. The van der Waals surface area contributed by atoms with E-state index in [1.165, 1.54) is 70.3 Å². The number of thioether (sulfide) groups is 1. The monoisotopic (exact) mass is 275 g/mol. The Morgan fingerprint density at radius 1 is 1.06 bits per heavy atom. The Labute approximate surface area is 118 Å². The molecule has 0 saturated carbocycles. The van der Waals surface area contributed by atoms with Crippen LogP contribution in [0.1, 0.15) is 51.9 Å². The third kappa shape index (κ3) is 8.39. The van der Waals surface area contributed by atoms with Gasteiger partial charge >= 0.3 is 0 Å². The van der Waals surface area contributed by atoms with Crippen LogP contribution in [0.15, 0.2) is 0 Å². The fourth-order valence-electron chi connectivity index (χ4n) is 2.42. The number of rotatable bonds is 9. The lowest BCUT2D eigenvalue weighted by Gasteiger charge is -2.30. The fraction of sp³-hybridized carbons (Fsp3) is 1.00. The molecule has 1 nitrogen and oxygen atoms in total. The summed E-state index contributed by atoms with van der Waals surface area (Å²) in [5, 5.41) is 0.852. The van der Waals surface area contributed by atoms with E-state index in [-0.39, 0.29) is 0 Å². The Hall–Kier alpha value is 0.660. The van der Waals surface area contributed by atoms with Gasteiger partial charge in [-0.25, -0.2) is 0 Å². The highest BCUT2D eigenvalue weighted by molar-refractivity contribution is 7.99. The van der Waals surface area contributed by atoms with Gasteiger partial charge in [-0.3, -0.25) is 0 Å². The molecule has 102 valence electrons. The van der Waals surface area contributed by atoms with Gasteiger partial charge in [-0.05, 0) is 25.1 Å². The van der Waals surface area contributed by atoms with E-state index in [1.807, 2.05) is 0 Å². The lowest BCUT2D eigenvalue weighted by atomic mass is 10.1. The summed E-state index contributed by atoms with van der Waals surface area (Å²) in [7, 11) is 0. The van der Waals surface area contributed by atoms with Gasteiger partial charge in [0, 0.05) is 24.1 Å². The first kappa shape index (κ1) is 15.7. The smallest absolute Gasteiger partial charge is 0.0147 e. The molecule has 0 amide bonds. The molecule has 0 spiro atoms. The molecule has 17 heavy (non-hydrogen) atoms. The minimum Gasteiger partial charge on any atom is -0.301 e. The average Bonchev–Trinajstić information content (AvgIpc) is 2.33. The van der Waals surface area contributed by atoms with Crippen LogP contribution in [0.5, 0.6) is 0 Å². The van der Waals surface area contributed by atoms with Crippen molar-refractivity contribution in [2.24, 2.45) is 0 Å². The Bertz CT molecular complexity index is 176. The summed E-state index contributed by atoms with van der Waals surface area (Å²) in [6.07, 6.45) is 9.79. The minimum absolute atomic E-state index is 0.852. The van der Waals surface area contributed by atoms with Crippen molar-refractivity contribution in [1.82, 2.24) is 4.90 Å². The van der Waals surface area contributed by atoms with Crippen molar-refractivity contribution in [3.63, 3.8) is 0 Å². The Balaban J connectivity index is 1.83. The number of hydrogen-bond acceptors (Lipinski definition) is 3. The van der Waals surface area contributed by atoms with Crippen molar-refractivity contribution in [3.05, 3.63) is 0 Å². The molecule has 1 unspecified atom stereocenters. The molecule has 0 aliphatic carbocycles. The van der Waals surface area contributed by atoms with E-state index in [0.717, 1.165) is 11.0 Å². The zero-order valence-corrected chi connectivity index (χ0v) is 13.1. The first-order chi connectivity index (χ1) is 8.33. The van der Waals surface area contributed by atoms with E-state index < -0.39 is 0 Å². The maximum Gasteiger partial charge on any atom is 0.0147 e. The first-order valence-corrected chi connectivity index (χ1v) is 8.96. The molecule has 1 atom stereocenters. The maximum atomic E-state index is 4.24. The number of nitrogens with zero attached hydrogens (tertiary/aromatic N) is 1. The van der Waals surface area contributed by atoms with Crippen LogP contribution in [0.25, 0.3) is 0 Å². The van der Waals surface area contributed by atoms with Crippen LogP contribution in [-0.4, -0.2) is 41.3 Å². The van der Waals surface area contributed by atoms with Gasteiger partial charge in [-0.1, -0.05) is 39.0 Å². The fourth-order valence-corrected chi connectivity index (χ4v) is 3.73. The Morgan fingerprint density at radius 2 is 1.71 bits per heavy atom. The van der Waals surface area contributed by atoms with Crippen molar-refractivity contribution in [2.45, 2.75) is 57.1 Å². The van der Waals surface area contributed by atoms with E-state index in [0.29, 0.717) is 0 Å². The van der Waals surface area contributed by atoms with Crippen molar-refractivity contribution in [3.8, 4) is 0 Å². The third-order valence-corrected chi connectivity index (χ3v) is 4.91. The summed E-state index contributed by atoms with van der Waals surface area (Å²) in [6, 6.07) is 0. The van der Waals surface area contributed by atoms with Gasteiger partial charge in [-0.2, -0.15) is 24.4 Å². The van der Waals surface area contributed by atoms with E-state index in [9.17, 15) is 0 Å². The SMILES string of the molecule is CC1CN(CCCCCCCCCS)CCS1. The highest BCUT2D eigenvalue weighted by atomic mass is 32.2. The maximum absolute atomic E-state index is 4.24. The molecule has 1 heterocycles. The molecule has 0 radical (unpaired) electrons. The normalized spacial score (nSPS) is 21.9. The van der Waals surface area contributed by atoms with Crippen LogP contribution >= 0.6 is 24.4 Å².